The van der Waals surface area contributed by atoms with Crippen molar-refractivity contribution in [1.82, 2.24) is 0 Å². The minimum absolute atomic E-state index is 0.0528. The molecule has 0 saturated carbocycles. The van der Waals surface area contributed by atoms with Crippen molar-refractivity contribution < 1.29 is 9.72 Å². The standard InChI is InChI=1S/C8H5N3O3S/c9-4-5(8(10)12)3-6-1-2-7(15-6)11(13)14/h1-3H,(H2,10,12)/b5-3-. The summed E-state index contributed by atoms with van der Waals surface area (Å²) in [4.78, 5) is 20.9. The number of hydrogen-bond donors (Lipinski definition) is 1. The summed E-state index contributed by atoms with van der Waals surface area (Å²) in [6.07, 6.45) is 1.22. The monoisotopic (exact) mass is 223 g/mol. The zero-order chi connectivity index (χ0) is 11.4. The van der Waals surface area contributed by atoms with Crippen LogP contribution < -0.4 is 5.73 Å². The van der Waals surface area contributed by atoms with Crippen LogP contribution >= 0.6 is 11.3 Å². The first-order valence-corrected chi connectivity index (χ1v) is 4.52. The predicted molar refractivity (Wildman–Crippen MR) is 53.8 cm³/mol. The molecule has 0 radical (unpaired) electrons. The number of nitrogens with zero attached hydrogens (tertiary/aromatic N) is 2. The lowest BCUT2D eigenvalue weighted by Gasteiger charge is -1.87. The third-order valence-electron chi connectivity index (χ3n) is 1.47. The van der Waals surface area contributed by atoms with Gasteiger partial charge in [0.15, 0.2) is 0 Å². The van der Waals surface area contributed by atoms with E-state index in [1.54, 1.807) is 6.07 Å². The summed E-state index contributed by atoms with van der Waals surface area (Å²) in [6, 6.07) is 4.36. The number of nitriles is 1. The van der Waals surface area contributed by atoms with Crippen molar-refractivity contribution in [3.63, 3.8) is 0 Å². The normalized spacial score (nSPS) is 10.7. The Balaban J connectivity index is 3.04. The van der Waals surface area contributed by atoms with E-state index in [1.165, 1.54) is 18.2 Å². The molecule has 76 valence electrons. The summed E-state index contributed by atoms with van der Waals surface area (Å²) in [7, 11) is 0. The molecule has 15 heavy (non-hydrogen) atoms. The van der Waals surface area contributed by atoms with Gasteiger partial charge in [-0.3, -0.25) is 14.9 Å². The molecule has 6 nitrogen and oxygen atoms in total. The van der Waals surface area contributed by atoms with Crippen LogP contribution in [0.4, 0.5) is 5.00 Å². The SMILES string of the molecule is N#C/C(=C/c1ccc([N+](=O)[O-])s1)C(N)=O. The largest absolute Gasteiger partial charge is 0.365 e. The first-order valence-electron chi connectivity index (χ1n) is 3.70. The van der Waals surface area contributed by atoms with Crippen molar-refractivity contribution in [1.29, 1.82) is 5.26 Å². The molecule has 0 spiro atoms. The van der Waals surface area contributed by atoms with Crippen LogP contribution in [0.5, 0.6) is 0 Å². The second-order valence-corrected chi connectivity index (χ2v) is 3.56. The highest BCUT2D eigenvalue weighted by atomic mass is 32.1. The number of rotatable bonds is 3. The van der Waals surface area contributed by atoms with Crippen LogP contribution in [-0.2, 0) is 4.79 Å². The molecule has 0 atom stereocenters. The van der Waals surface area contributed by atoms with E-state index in [-0.39, 0.29) is 10.6 Å². The fourth-order valence-corrected chi connectivity index (χ4v) is 1.58. The van der Waals surface area contributed by atoms with Crippen molar-refractivity contribution in [3.05, 3.63) is 32.7 Å². The zero-order valence-corrected chi connectivity index (χ0v) is 8.15. The maximum atomic E-state index is 10.7. The third kappa shape index (κ3) is 2.62. The molecule has 1 aromatic rings. The van der Waals surface area contributed by atoms with Crippen molar-refractivity contribution in [3.8, 4) is 6.07 Å². The first kappa shape index (κ1) is 10.9. The van der Waals surface area contributed by atoms with Gasteiger partial charge in [0.1, 0.15) is 11.6 Å². The maximum absolute atomic E-state index is 10.7. The van der Waals surface area contributed by atoms with E-state index >= 15 is 0 Å². The van der Waals surface area contributed by atoms with Crippen molar-refractivity contribution >= 4 is 28.3 Å². The Bertz CT molecular complexity index is 484. The zero-order valence-electron chi connectivity index (χ0n) is 7.34. The predicted octanol–water partition coefficient (Wildman–Crippen LogP) is 1.05. The molecule has 0 fully saturated rings. The van der Waals surface area contributed by atoms with Gasteiger partial charge in [0, 0.05) is 10.9 Å². The van der Waals surface area contributed by atoms with Crippen LogP contribution in [0.1, 0.15) is 4.88 Å². The smallest absolute Gasteiger partial charge is 0.324 e. The molecule has 1 aromatic heterocycles. The molecule has 0 unspecified atom stereocenters. The van der Waals surface area contributed by atoms with Gasteiger partial charge < -0.3 is 5.73 Å². The van der Waals surface area contributed by atoms with Crippen molar-refractivity contribution in [2.75, 3.05) is 0 Å². The average Bonchev–Trinajstić information content (AvgIpc) is 2.61. The molecule has 0 aliphatic heterocycles. The van der Waals surface area contributed by atoms with Gasteiger partial charge >= 0.3 is 5.00 Å². The van der Waals surface area contributed by atoms with Gasteiger partial charge in [-0.2, -0.15) is 5.26 Å². The van der Waals surface area contributed by atoms with Crippen LogP contribution in [0.3, 0.4) is 0 Å². The Morgan fingerprint density at radius 3 is 2.73 bits per heavy atom. The Morgan fingerprint density at radius 1 is 1.67 bits per heavy atom. The van der Waals surface area contributed by atoms with E-state index in [0.29, 0.717) is 4.88 Å². The van der Waals surface area contributed by atoms with Crippen LogP contribution in [0, 0.1) is 21.4 Å². The number of nitro groups is 1. The average molecular weight is 223 g/mol. The van der Waals surface area contributed by atoms with Crippen LogP contribution in [0.15, 0.2) is 17.7 Å². The fraction of sp³-hybridized carbons (Fsp3) is 0. The van der Waals surface area contributed by atoms with Gasteiger partial charge in [-0.25, -0.2) is 0 Å². The lowest BCUT2D eigenvalue weighted by molar-refractivity contribution is -0.380. The van der Waals surface area contributed by atoms with Gasteiger partial charge in [-0.15, -0.1) is 0 Å². The molecule has 7 heteroatoms. The number of nitrogens with two attached hydrogens (primary N) is 1. The van der Waals surface area contributed by atoms with Crippen molar-refractivity contribution in [2.45, 2.75) is 0 Å². The Morgan fingerprint density at radius 2 is 2.33 bits per heavy atom. The molecule has 2 N–H and O–H groups in total. The van der Waals surface area contributed by atoms with Gasteiger partial charge in [-0.05, 0) is 12.1 Å². The maximum Gasteiger partial charge on any atom is 0.324 e. The summed E-state index contributed by atoms with van der Waals surface area (Å²) in [5.74, 6) is -0.853. The van der Waals surface area contributed by atoms with Gasteiger partial charge in [0.05, 0.1) is 4.92 Å². The molecular formula is C8H5N3O3S. The highest BCUT2D eigenvalue weighted by molar-refractivity contribution is 7.16. The molecule has 0 aliphatic carbocycles. The highest BCUT2D eigenvalue weighted by Crippen LogP contribution is 2.25. The second kappa shape index (κ2) is 4.34. The summed E-state index contributed by atoms with van der Waals surface area (Å²) in [5.41, 5.74) is 4.67. The minimum atomic E-state index is -0.853. The lowest BCUT2D eigenvalue weighted by Crippen LogP contribution is -2.12. The Hall–Kier alpha value is -2.20. The number of hydrogen-bond acceptors (Lipinski definition) is 5. The van der Waals surface area contributed by atoms with Crippen LogP contribution in [0.2, 0.25) is 0 Å². The fourth-order valence-electron chi connectivity index (χ4n) is 0.819. The number of amides is 1. The lowest BCUT2D eigenvalue weighted by atomic mass is 10.2. The number of carbonyl (C=O) groups excluding carboxylic acids is 1. The quantitative estimate of drug-likeness (QED) is 0.357. The minimum Gasteiger partial charge on any atom is -0.365 e. The highest BCUT2D eigenvalue weighted by Gasteiger charge is 2.10. The number of primary amides is 1. The summed E-state index contributed by atoms with van der Waals surface area (Å²) in [5, 5.41) is 18.8. The molecule has 0 aromatic carbocycles. The van der Waals surface area contributed by atoms with Gasteiger partial charge in [-0.1, -0.05) is 11.3 Å². The van der Waals surface area contributed by atoms with E-state index in [4.69, 9.17) is 11.0 Å². The second-order valence-electron chi connectivity index (χ2n) is 2.47. The van der Waals surface area contributed by atoms with Crippen LogP contribution in [-0.4, -0.2) is 10.8 Å². The van der Waals surface area contributed by atoms with Crippen LogP contribution in [0.25, 0.3) is 6.08 Å². The molecule has 1 heterocycles. The number of thiophene rings is 1. The first-order chi connectivity index (χ1) is 7.04. The molecule has 0 aliphatic rings. The van der Waals surface area contributed by atoms with E-state index in [2.05, 4.69) is 0 Å². The van der Waals surface area contributed by atoms with E-state index < -0.39 is 10.8 Å². The third-order valence-corrected chi connectivity index (χ3v) is 2.45. The summed E-state index contributed by atoms with van der Waals surface area (Å²) < 4.78 is 0. The molecule has 0 bridgehead atoms. The Kier molecular flexibility index (Phi) is 3.15. The molecule has 1 rings (SSSR count). The topological polar surface area (TPSA) is 110 Å². The van der Waals surface area contributed by atoms with E-state index in [0.717, 1.165) is 11.3 Å². The Labute approximate surface area is 88.4 Å². The van der Waals surface area contributed by atoms with E-state index in [1.807, 2.05) is 0 Å². The van der Waals surface area contributed by atoms with E-state index in [9.17, 15) is 14.9 Å². The van der Waals surface area contributed by atoms with Gasteiger partial charge in [0.2, 0.25) is 0 Å². The summed E-state index contributed by atoms with van der Waals surface area (Å²) >= 11 is 0.868. The molecule has 0 saturated heterocycles. The summed E-state index contributed by atoms with van der Waals surface area (Å²) in [6.45, 7) is 0. The van der Waals surface area contributed by atoms with Crippen molar-refractivity contribution in [2.24, 2.45) is 5.73 Å². The molecule has 1 amide bonds. The molecular weight excluding hydrogens is 218 g/mol. The van der Waals surface area contributed by atoms with Gasteiger partial charge in [0.25, 0.3) is 5.91 Å². The number of carbonyl (C=O) groups is 1.